The first kappa shape index (κ1) is 15.2. The zero-order valence-corrected chi connectivity index (χ0v) is 11.1. The average Bonchev–Trinajstić information content (AvgIpc) is 2.34. The van der Waals surface area contributed by atoms with Gasteiger partial charge in [-0.05, 0) is 25.5 Å². The Labute approximate surface area is 115 Å². The topological polar surface area (TPSA) is 83.5 Å². The lowest BCUT2D eigenvalue weighted by atomic mass is 10.1. The van der Waals surface area contributed by atoms with Crippen LogP contribution >= 0.6 is 11.6 Å². The van der Waals surface area contributed by atoms with E-state index in [4.69, 9.17) is 16.7 Å². The second-order valence-electron chi connectivity index (χ2n) is 4.08. The lowest BCUT2D eigenvalue weighted by Crippen LogP contribution is -2.41. The average molecular weight is 284 g/mol. The summed E-state index contributed by atoms with van der Waals surface area (Å²) < 4.78 is 0. The van der Waals surface area contributed by atoms with Gasteiger partial charge < -0.3 is 15.2 Å². The smallest absolute Gasteiger partial charge is 0.326 e. The van der Waals surface area contributed by atoms with Crippen LogP contribution in [0, 0.1) is 0 Å². The number of carboxylic acids is 1. The zero-order chi connectivity index (χ0) is 14.4. The second-order valence-corrected chi connectivity index (χ2v) is 4.49. The van der Waals surface area contributed by atoms with Crippen molar-refractivity contribution >= 4 is 29.3 Å². The molecule has 0 saturated heterocycles. The number of nitrogens with one attached hydrogen (secondary N) is 1. The van der Waals surface area contributed by atoms with Crippen molar-refractivity contribution in [2.75, 3.05) is 0 Å². The van der Waals surface area contributed by atoms with E-state index in [1.165, 1.54) is 13.0 Å². The van der Waals surface area contributed by atoms with Gasteiger partial charge in [-0.15, -0.1) is 0 Å². The van der Waals surface area contributed by atoms with Gasteiger partial charge in [0.25, 0.3) is 5.91 Å². The molecule has 1 amide bonds. The van der Waals surface area contributed by atoms with Crippen molar-refractivity contribution in [3.05, 3.63) is 34.9 Å². The number of carbonyl (C=O) groups excluding carboxylic acids is 2. The fraction of sp³-hybridized carbons (Fsp3) is 0.308. The van der Waals surface area contributed by atoms with Crippen LogP contribution in [0.5, 0.6) is 0 Å². The molecule has 1 aromatic carbocycles. The largest absolute Gasteiger partial charge is 0.480 e. The van der Waals surface area contributed by atoms with Crippen molar-refractivity contribution < 1.29 is 19.5 Å². The number of carboxylic acid groups (broad SMARTS) is 1. The number of carbonyl (C=O) groups is 3. The SMILES string of the molecule is CC(=O)CC[C@H](NC(=O)c1ccccc1Cl)C(=O)O. The van der Waals surface area contributed by atoms with Crippen molar-refractivity contribution in [2.45, 2.75) is 25.8 Å². The third-order valence-electron chi connectivity index (χ3n) is 2.51. The quantitative estimate of drug-likeness (QED) is 0.835. The molecule has 1 aromatic rings. The van der Waals surface area contributed by atoms with Crippen molar-refractivity contribution in [3.8, 4) is 0 Å². The highest BCUT2D eigenvalue weighted by Gasteiger charge is 2.21. The fourth-order valence-corrected chi connectivity index (χ4v) is 1.71. The van der Waals surface area contributed by atoms with E-state index in [1.807, 2.05) is 0 Å². The standard InChI is InChI=1S/C13H14ClNO4/c1-8(16)6-7-11(13(18)19)15-12(17)9-4-2-3-5-10(9)14/h2-5,11H,6-7H2,1H3,(H,15,17)(H,18,19)/t11-/m0/s1. The van der Waals surface area contributed by atoms with Crippen molar-refractivity contribution in [1.82, 2.24) is 5.32 Å². The van der Waals surface area contributed by atoms with Crippen LogP contribution in [0.1, 0.15) is 30.1 Å². The molecule has 1 atom stereocenters. The van der Waals surface area contributed by atoms with Gasteiger partial charge in [-0.25, -0.2) is 4.79 Å². The summed E-state index contributed by atoms with van der Waals surface area (Å²) in [5.74, 6) is -1.87. The monoisotopic (exact) mass is 283 g/mol. The normalized spacial score (nSPS) is 11.7. The van der Waals surface area contributed by atoms with Crippen LogP contribution in [0.4, 0.5) is 0 Å². The third kappa shape index (κ3) is 4.71. The van der Waals surface area contributed by atoms with Gasteiger partial charge >= 0.3 is 5.97 Å². The number of benzene rings is 1. The molecule has 0 saturated carbocycles. The second kappa shape index (κ2) is 6.89. The van der Waals surface area contributed by atoms with Gasteiger partial charge in [0, 0.05) is 6.42 Å². The Morgan fingerprint density at radius 2 is 1.95 bits per heavy atom. The summed E-state index contributed by atoms with van der Waals surface area (Å²) in [7, 11) is 0. The number of amides is 1. The molecule has 0 aliphatic rings. The van der Waals surface area contributed by atoms with E-state index >= 15 is 0 Å². The summed E-state index contributed by atoms with van der Waals surface area (Å²) in [5, 5.41) is 11.6. The predicted molar refractivity (Wildman–Crippen MR) is 70.3 cm³/mol. The predicted octanol–water partition coefficient (Wildman–Crippen LogP) is 1.89. The molecule has 0 radical (unpaired) electrons. The molecular weight excluding hydrogens is 270 g/mol. The summed E-state index contributed by atoms with van der Waals surface area (Å²) in [6, 6.07) is 5.24. The number of ketones is 1. The van der Waals surface area contributed by atoms with E-state index in [0.717, 1.165) is 0 Å². The Balaban J connectivity index is 2.74. The molecule has 0 bridgehead atoms. The summed E-state index contributed by atoms with van der Waals surface area (Å²) in [6.45, 7) is 1.37. The van der Waals surface area contributed by atoms with Crippen LogP contribution in [0.3, 0.4) is 0 Å². The Morgan fingerprint density at radius 1 is 1.32 bits per heavy atom. The molecule has 102 valence electrons. The summed E-state index contributed by atoms with van der Waals surface area (Å²) in [6.07, 6.45) is 0.153. The van der Waals surface area contributed by atoms with Crippen LogP contribution in [0.15, 0.2) is 24.3 Å². The van der Waals surface area contributed by atoms with Crippen LogP contribution in [-0.2, 0) is 9.59 Å². The maximum atomic E-state index is 11.9. The Hall–Kier alpha value is -1.88. The maximum Gasteiger partial charge on any atom is 0.326 e. The van der Waals surface area contributed by atoms with Gasteiger partial charge in [-0.3, -0.25) is 4.79 Å². The summed E-state index contributed by atoms with van der Waals surface area (Å²) >= 11 is 5.85. The van der Waals surface area contributed by atoms with Crippen molar-refractivity contribution in [3.63, 3.8) is 0 Å². The third-order valence-corrected chi connectivity index (χ3v) is 2.84. The Kier molecular flexibility index (Phi) is 5.51. The van der Waals surface area contributed by atoms with Crippen molar-refractivity contribution in [2.24, 2.45) is 0 Å². The fourth-order valence-electron chi connectivity index (χ4n) is 1.49. The van der Waals surface area contributed by atoms with E-state index in [2.05, 4.69) is 5.32 Å². The van der Waals surface area contributed by atoms with Crippen LogP contribution < -0.4 is 5.32 Å². The van der Waals surface area contributed by atoms with Gasteiger partial charge in [0.2, 0.25) is 0 Å². The Bertz CT molecular complexity index is 501. The molecule has 2 N–H and O–H groups in total. The highest BCUT2D eigenvalue weighted by atomic mass is 35.5. The van der Waals surface area contributed by atoms with Gasteiger partial charge in [0.05, 0.1) is 10.6 Å². The van der Waals surface area contributed by atoms with E-state index in [9.17, 15) is 14.4 Å². The maximum absolute atomic E-state index is 11.9. The van der Waals surface area contributed by atoms with Gasteiger partial charge in [0.1, 0.15) is 11.8 Å². The lowest BCUT2D eigenvalue weighted by molar-refractivity contribution is -0.139. The molecule has 1 rings (SSSR count). The molecule has 0 aliphatic heterocycles. The first-order valence-corrected chi connectivity index (χ1v) is 6.07. The Morgan fingerprint density at radius 3 is 2.47 bits per heavy atom. The molecule has 5 nitrogen and oxygen atoms in total. The number of hydrogen-bond acceptors (Lipinski definition) is 3. The number of Topliss-reactive ketones (excluding diaryl/α,β-unsaturated/α-hetero) is 1. The molecule has 0 aromatic heterocycles. The van der Waals surface area contributed by atoms with E-state index in [1.54, 1.807) is 18.2 Å². The minimum Gasteiger partial charge on any atom is -0.480 e. The van der Waals surface area contributed by atoms with Crippen LogP contribution in [-0.4, -0.2) is 28.8 Å². The van der Waals surface area contributed by atoms with E-state index in [0.29, 0.717) is 0 Å². The first-order chi connectivity index (χ1) is 8.91. The highest BCUT2D eigenvalue weighted by molar-refractivity contribution is 6.33. The van der Waals surface area contributed by atoms with E-state index < -0.39 is 17.9 Å². The molecule has 0 fully saturated rings. The first-order valence-electron chi connectivity index (χ1n) is 5.69. The minimum absolute atomic E-state index is 0.0564. The van der Waals surface area contributed by atoms with Gasteiger partial charge in [0.15, 0.2) is 0 Å². The molecule has 6 heteroatoms. The molecule has 0 heterocycles. The van der Waals surface area contributed by atoms with Gasteiger partial charge in [-0.1, -0.05) is 23.7 Å². The van der Waals surface area contributed by atoms with Gasteiger partial charge in [-0.2, -0.15) is 0 Å². The number of aliphatic carboxylic acids is 1. The molecule has 0 unspecified atom stereocenters. The van der Waals surface area contributed by atoms with Crippen LogP contribution in [0.2, 0.25) is 5.02 Å². The number of halogens is 1. The molecular formula is C13H14ClNO4. The summed E-state index contributed by atoms with van der Waals surface area (Å²) in [4.78, 5) is 33.7. The molecule has 19 heavy (non-hydrogen) atoms. The minimum atomic E-state index is -1.18. The van der Waals surface area contributed by atoms with E-state index in [-0.39, 0.29) is 29.2 Å². The van der Waals surface area contributed by atoms with Crippen LogP contribution in [0.25, 0.3) is 0 Å². The number of rotatable bonds is 6. The zero-order valence-electron chi connectivity index (χ0n) is 10.4. The highest BCUT2D eigenvalue weighted by Crippen LogP contribution is 2.15. The van der Waals surface area contributed by atoms with Crippen molar-refractivity contribution in [1.29, 1.82) is 0 Å². The lowest BCUT2D eigenvalue weighted by Gasteiger charge is -2.14. The summed E-state index contributed by atoms with van der Waals surface area (Å²) in [5.41, 5.74) is 0.207. The molecule has 0 spiro atoms. The number of hydrogen-bond donors (Lipinski definition) is 2. The molecule has 0 aliphatic carbocycles.